The highest BCUT2D eigenvalue weighted by molar-refractivity contribution is 6.15. The molecule has 0 saturated carbocycles. The SMILES string of the molecule is c1cc(-c2cc(-c3ccc(-c4cncc5ccccc45)cc3)nc(-c3cccc(-c4cc5ccccc5c5ccccc45)c3)n2)cc(-c2cc3ccccc3c3ccccc23)c1.c1ccc(-c2ccc(-c3nc(-c4ccc(-c5ccc6ccccc6c5)cc4)cc(-c4ccc(-c5cncc6ccccc56)cc4)n3)cc2)cc1. The minimum Gasteiger partial charge on any atom is -0.263 e. The number of nitrogens with zero attached hydrogens (tertiary/aromatic N) is 6. The van der Waals surface area contributed by atoms with Crippen molar-refractivity contribution in [1.82, 2.24) is 29.9 Å². The molecule has 0 saturated heterocycles. The van der Waals surface area contributed by atoms with Crippen LogP contribution in [0.3, 0.4) is 0 Å². The van der Waals surface area contributed by atoms with Gasteiger partial charge in [0.1, 0.15) is 0 Å². The summed E-state index contributed by atoms with van der Waals surface area (Å²) in [7, 11) is 0. The molecule has 17 aromatic carbocycles. The Morgan fingerprint density at radius 3 is 0.955 bits per heavy atom. The first-order valence-corrected chi connectivity index (χ1v) is 37.9. The summed E-state index contributed by atoms with van der Waals surface area (Å²) in [5, 5.41) is 17.0. The first kappa shape index (κ1) is 66.5. The maximum Gasteiger partial charge on any atom is 0.160 e. The Kier molecular flexibility index (Phi) is 17.2. The van der Waals surface area contributed by atoms with Gasteiger partial charge in [0.2, 0.25) is 0 Å². The summed E-state index contributed by atoms with van der Waals surface area (Å²) in [6.07, 6.45) is 7.73. The van der Waals surface area contributed by atoms with Crippen molar-refractivity contribution in [3.63, 3.8) is 0 Å². The van der Waals surface area contributed by atoms with E-state index in [-0.39, 0.29) is 0 Å². The summed E-state index contributed by atoms with van der Waals surface area (Å²) in [5.74, 6) is 1.37. The van der Waals surface area contributed by atoms with Crippen LogP contribution in [0, 0.1) is 0 Å². The molecule has 6 nitrogen and oxygen atoms in total. The van der Waals surface area contributed by atoms with Gasteiger partial charge in [-0.25, -0.2) is 19.9 Å². The van der Waals surface area contributed by atoms with E-state index >= 15 is 0 Å². The summed E-state index contributed by atoms with van der Waals surface area (Å²) in [6.45, 7) is 0. The minimum atomic E-state index is 0.674. The molecule has 522 valence electrons. The van der Waals surface area contributed by atoms with Gasteiger partial charge in [0.05, 0.1) is 22.8 Å². The van der Waals surface area contributed by atoms with Crippen LogP contribution in [0.5, 0.6) is 0 Å². The highest BCUT2D eigenvalue weighted by Crippen LogP contribution is 2.42. The number of aromatic nitrogens is 6. The number of fused-ring (bicyclic) bond motifs is 9. The van der Waals surface area contributed by atoms with E-state index in [1.54, 1.807) is 0 Å². The maximum absolute atomic E-state index is 5.37. The lowest BCUT2D eigenvalue weighted by Gasteiger charge is -2.14. The summed E-state index contributed by atoms with van der Waals surface area (Å²) in [4.78, 5) is 30.0. The topological polar surface area (TPSA) is 77.3 Å². The molecule has 0 aliphatic rings. The molecule has 4 heterocycles. The fraction of sp³-hybridized carbons (Fsp3) is 0. The molecular formula is C106H68N6. The summed E-state index contributed by atoms with van der Waals surface area (Å²) >= 11 is 0. The third-order valence-corrected chi connectivity index (χ3v) is 21.7. The first-order valence-electron chi connectivity index (χ1n) is 37.9. The highest BCUT2D eigenvalue weighted by Gasteiger charge is 2.19. The standard InChI is InChI=1S/C59H37N3.C47H31N3/c1-4-20-47-42(13-1)33-54(52-25-9-7-23-50(47)52)40-16-11-18-44(31-40)58-35-57(39-29-27-38(28-30-39)56-37-60-36-46-15-3-6-22-49(46)56)61-59(62-58)45-19-12-17-41(32-45)55-34-43-14-2-5-21-48(43)51-24-8-10-26-53(51)55;1-2-8-32(9-3-1)34-16-25-39(26-17-34)47-49-45(37-21-14-35(15-22-37)41-27-18-33-10-4-5-11-40(33)28-41)29-46(50-47)38-23-19-36(20-24-38)44-31-48-30-42-12-6-7-13-43(42)44/h1-37H;1-31H. The lowest BCUT2D eigenvalue weighted by Crippen LogP contribution is -1.97. The Balaban J connectivity index is 0.000000149. The van der Waals surface area contributed by atoms with E-state index in [4.69, 9.17) is 19.9 Å². The third-order valence-electron chi connectivity index (χ3n) is 21.7. The Morgan fingerprint density at radius 1 is 0.134 bits per heavy atom. The van der Waals surface area contributed by atoms with Crippen LogP contribution < -0.4 is 0 Å². The molecule has 0 aliphatic heterocycles. The van der Waals surface area contributed by atoms with Crippen molar-refractivity contribution >= 4 is 75.4 Å². The average molecular weight is 1430 g/mol. The zero-order chi connectivity index (χ0) is 74.3. The van der Waals surface area contributed by atoms with Gasteiger partial charge in [0.25, 0.3) is 0 Å². The number of pyridine rings is 2. The van der Waals surface area contributed by atoms with Crippen molar-refractivity contribution in [2.75, 3.05) is 0 Å². The fourth-order valence-electron chi connectivity index (χ4n) is 16.0. The van der Waals surface area contributed by atoms with E-state index < -0.39 is 0 Å². The monoisotopic (exact) mass is 1420 g/mol. The predicted molar refractivity (Wildman–Crippen MR) is 467 cm³/mol. The van der Waals surface area contributed by atoms with E-state index in [2.05, 4.69) is 386 Å². The van der Waals surface area contributed by atoms with Crippen LogP contribution in [-0.4, -0.2) is 29.9 Å². The summed E-state index contributed by atoms with van der Waals surface area (Å²) in [6, 6.07) is 138. The Hall–Kier alpha value is -15.0. The zero-order valence-electron chi connectivity index (χ0n) is 60.9. The molecule has 0 bridgehead atoms. The molecule has 0 fully saturated rings. The molecule has 21 rings (SSSR count). The second-order valence-electron chi connectivity index (χ2n) is 28.5. The third kappa shape index (κ3) is 12.9. The van der Waals surface area contributed by atoms with Gasteiger partial charge >= 0.3 is 0 Å². The van der Waals surface area contributed by atoms with Gasteiger partial charge in [-0.3, -0.25) is 9.97 Å². The first-order chi connectivity index (χ1) is 55.5. The zero-order valence-corrected chi connectivity index (χ0v) is 60.9. The Labute approximate surface area is 648 Å². The molecule has 21 aromatic rings. The molecule has 0 N–H and O–H groups in total. The largest absolute Gasteiger partial charge is 0.263 e. The van der Waals surface area contributed by atoms with Crippen LogP contribution in [0.4, 0.5) is 0 Å². The smallest absolute Gasteiger partial charge is 0.160 e. The highest BCUT2D eigenvalue weighted by atomic mass is 14.9. The van der Waals surface area contributed by atoms with Crippen molar-refractivity contribution in [2.45, 2.75) is 0 Å². The number of hydrogen-bond donors (Lipinski definition) is 0. The number of rotatable bonds is 12. The second kappa shape index (κ2) is 29.0. The van der Waals surface area contributed by atoms with Gasteiger partial charge in [-0.1, -0.05) is 346 Å². The van der Waals surface area contributed by atoms with Crippen molar-refractivity contribution < 1.29 is 0 Å². The quantitative estimate of drug-likeness (QED) is 0.113. The van der Waals surface area contributed by atoms with Gasteiger partial charge in [-0.2, -0.15) is 0 Å². The van der Waals surface area contributed by atoms with Gasteiger partial charge in [-0.05, 0) is 163 Å². The van der Waals surface area contributed by atoms with Crippen LogP contribution >= 0.6 is 0 Å². The van der Waals surface area contributed by atoms with Crippen LogP contribution in [0.25, 0.3) is 210 Å². The van der Waals surface area contributed by atoms with Crippen LogP contribution in [0.1, 0.15) is 0 Å². The van der Waals surface area contributed by atoms with Gasteiger partial charge in [-0.15, -0.1) is 0 Å². The molecule has 0 aliphatic carbocycles. The van der Waals surface area contributed by atoms with Crippen molar-refractivity contribution in [1.29, 1.82) is 0 Å². The van der Waals surface area contributed by atoms with Crippen LogP contribution in [0.15, 0.2) is 413 Å². The van der Waals surface area contributed by atoms with Crippen LogP contribution in [-0.2, 0) is 0 Å². The molecule has 0 spiro atoms. The van der Waals surface area contributed by atoms with E-state index in [9.17, 15) is 0 Å². The molecule has 4 aromatic heterocycles. The minimum absolute atomic E-state index is 0.674. The lowest BCUT2D eigenvalue weighted by atomic mass is 9.92. The molecular weight excluding hydrogens is 1360 g/mol. The van der Waals surface area contributed by atoms with Crippen molar-refractivity contribution in [3.05, 3.63) is 413 Å². The van der Waals surface area contributed by atoms with E-state index in [1.807, 2.05) is 36.9 Å². The molecule has 0 radical (unpaired) electrons. The summed E-state index contributed by atoms with van der Waals surface area (Å²) < 4.78 is 0. The molecule has 0 amide bonds. The number of benzene rings is 17. The molecule has 112 heavy (non-hydrogen) atoms. The van der Waals surface area contributed by atoms with E-state index in [1.165, 1.54) is 92.5 Å². The summed E-state index contributed by atoms with van der Waals surface area (Å²) in [5.41, 5.74) is 23.3. The second-order valence-corrected chi connectivity index (χ2v) is 28.5. The molecule has 0 unspecified atom stereocenters. The average Bonchev–Trinajstić information content (AvgIpc) is 0.741. The van der Waals surface area contributed by atoms with Crippen LogP contribution in [0.2, 0.25) is 0 Å². The van der Waals surface area contributed by atoms with Crippen molar-refractivity contribution in [2.24, 2.45) is 0 Å². The predicted octanol–water partition coefficient (Wildman–Crippen LogP) is 27.8. The van der Waals surface area contributed by atoms with Gasteiger partial charge < -0.3 is 0 Å². The van der Waals surface area contributed by atoms with Gasteiger partial charge in [0.15, 0.2) is 11.6 Å². The van der Waals surface area contributed by atoms with Crippen molar-refractivity contribution in [3.8, 4) is 135 Å². The lowest BCUT2D eigenvalue weighted by molar-refractivity contribution is 1.18. The van der Waals surface area contributed by atoms with E-state index in [0.29, 0.717) is 11.6 Å². The maximum atomic E-state index is 5.37. The normalized spacial score (nSPS) is 11.4. The molecule has 0 atom stereocenters. The van der Waals surface area contributed by atoms with E-state index in [0.717, 1.165) is 106 Å². The Morgan fingerprint density at radius 2 is 0.455 bits per heavy atom. The number of hydrogen-bond acceptors (Lipinski definition) is 6. The van der Waals surface area contributed by atoms with Gasteiger partial charge in [0, 0.05) is 80.1 Å². The Bertz CT molecular complexity index is 6970. The molecule has 6 heteroatoms. The fourth-order valence-corrected chi connectivity index (χ4v) is 16.0.